The number of aliphatic hydroxyl groups is 1. The summed E-state index contributed by atoms with van der Waals surface area (Å²) in [4.78, 5) is 16.4. The first-order chi connectivity index (χ1) is 10.8. The molecule has 0 radical (unpaired) electrons. The van der Waals surface area contributed by atoms with Gasteiger partial charge in [0, 0.05) is 25.8 Å². The minimum absolute atomic E-state index is 0.0623. The van der Waals surface area contributed by atoms with Crippen LogP contribution >= 0.6 is 11.8 Å². The van der Waals surface area contributed by atoms with E-state index in [1.54, 1.807) is 13.3 Å². The van der Waals surface area contributed by atoms with E-state index in [1.807, 2.05) is 34.9 Å². The topological polar surface area (TPSA) is 64.3 Å². The van der Waals surface area contributed by atoms with Gasteiger partial charge in [0.05, 0.1) is 24.3 Å². The van der Waals surface area contributed by atoms with Crippen molar-refractivity contribution in [2.75, 3.05) is 19.5 Å². The Morgan fingerprint density at radius 3 is 2.82 bits per heavy atom. The van der Waals surface area contributed by atoms with Crippen molar-refractivity contribution in [2.45, 2.75) is 24.7 Å². The Kier molecular flexibility index (Phi) is 6.64. The van der Waals surface area contributed by atoms with Gasteiger partial charge in [-0.25, -0.2) is 4.98 Å². The van der Waals surface area contributed by atoms with E-state index >= 15 is 0 Å². The molecule has 2 rings (SSSR count). The molecule has 1 heterocycles. The van der Waals surface area contributed by atoms with Gasteiger partial charge in [-0.05, 0) is 6.42 Å². The molecule has 1 N–H and O–H groups in total. The van der Waals surface area contributed by atoms with Crippen LogP contribution in [0.5, 0.6) is 0 Å². The van der Waals surface area contributed by atoms with Gasteiger partial charge in [0.15, 0.2) is 10.9 Å². The van der Waals surface area contributed by atoms with Gasteiger partial charge in [-0.3, -0.25) is 4.79 Å². The highest BCUT2D eigenvalue weighted by Gasteiger charge is 2.12. The molecule has 6 heteroatoms. The molecule has 0 saturated heterocycles. The predicted molar refractivity (Wildman–Crippen MR) is 86.1 cm³/mol. The lowest BCUT2D eigenvalue weighted by Crippen LogP contribution is -2.08. The van der Waals surface area contributed by atoms with Gasteiger partial charge in [0.2, 0.25) is 0 Å². The van der Waals surface area contributed by atoms with Gasteiger partial charge < -0.3 is 14.4 Å². The van der Waals surface area contributed by atoms with Gasteiger partial charge in [0.25, 0.3) is 0 Å². The first-order valence-corrected chi connectivity index (χ1v) is 8.10. The monoisotopic (exact) mass is 320 g/mol. The lowest BCUT2D eigenvalue weighted by Gasteiger charge is -2.10. The van der Waals surface area contributed by atoms with Crippen LogP contribution in [0.2, 0.25) is 0 Å². The predicted octanol–water partition coefficient (Wildman–Crippen LogP) is 2.39. The molecule has 1 aromatic heterocycles. The molecule has 2 aromatic rings. The van der Waals surface area contributed by atoms with E-state index in [1.165, 1.54) is 11.8 Å². The number of benzene rings is 1. The van der Waals surface area contributed by atoms with Gasteiger partial charge in [0.1, 0.15) is 0 Å². The molecule has 0 unspecified atom stereocenters. The summed E-state index contributed by atoms with van der Waals surface area (Å²) in [5.41, 5.74) is 1.46. The van der Waals surface area contributed by atoms with Crippen LogP contribution in [0.25, 0.3) is 0 Å². The van der Waals surface area contributed by atoms with Crippen LogP contribution in [0.4, 0.5) is 0 Å². The fourth-order valence-corrected chi connectivity index (χ4v) is 3.00. The largest absolute Gasteiger partial charge is 0.390 e. The maximum absolute atomic E-state index is 12.1. The number of hydrogen-bond donors (Lipinski definition) is 1. The van der Waals surface area contributed by atoms with Crippen LogP contribution in [0.1, 0.15) is 22.5 Å². The van der Waals surface area contributed by atoms with Crippen molar-refractivity contribution >= 4 is 17.5 Å². The van der Waals surface area contributed by atoms with E-state index in [9.17, 15) is 9.90 Å². The number of aromatic nitrogens is 2. The number of aliphatic hydroxyl groups excluding tert-OH is 1. The number of hydrogen-bond acceptors (Lipinski definition) is 5. The average molecular weight is 320 g/mol. The van der Waals surface area contributed by atoms with E-state index in [4.69, 9.17) is 4.74 Å². The molecular weight excluding hydrogens is 300 g/mol. The number of methoxy groups -OCH3 is 1. The lowest BCUT2D eigenvalue weighted by atomic mass is 10.2. The Morgan fingerprint density at radius 1 is 1.36 bits per heavy atom. The van der Waals surface area contributed by atoms with Gasteiger partial charge in [-0.1, -0.05) is 42.1 Å². The van der Waals surface area contributed by atoms with Crippen LogP contribution in [-0.4, -0.2) is 39.9 Å². The Labute approximate surface area is 134 Å². The molecule has 0 fully saturated rings. The smallest absolute Gasteiger partial charge is 0.173 e. The van der Waals surface area contributed by atoms with E-state index < -0.39 is 0 Å². The Bertz CT molecular complexity index is 599. The van der Waals surface area contributed by atoms with Gasteiger partial charge in [-0.2, -0.15) is 0 Å². The van der Waals surface area contributed by atoms with Crippen molar-refractivity contribution in [1.82, 2.24) is 9.55 Å². The second-order valence-corrected chi connectivity index (χ2v) is 5.71. The third kappa shape index (κ3) is 4.43. The zero-order chi connectivity index (χ0) is 15.8. The number of carbonyl (C=O) groups is 1. The summed E-state index contributed by atoms with van der Waals surface area (Å²) in [6.07, 6.45) is 2.49. The molecule has 0 amide bonds. The minimum atomic E-state index is -0.0623. The second-order valence-electron chi connectivity index (χ2n) is 4.77. The number of rotatable bonds is 9. The fraction of sp³-hybridized carbons (Fsp3) is 0.375. The molecule has 22 heavy (non-hydrogen) atoms. The lowest BCUT2D eigenvalue weighted by molar-refractivity contribution is 0.102. The summed E-state index contributed by atoms with van der Waals surface area (Å²) < 4.78 is 7.00. The van der Waals surface area contributed by atoms with Crippen molar-refractivity contribution in [3.05, 3.63) is 47.8 Å². The summed E-state index contributed by atoms with van der Waals surface area (Å²) in [6, 6.07) is 9.22. The van der Waals surface area contributed by atoms with Gasteiger partial charge in [-0.15, -0.1) is 0 Å². The van der Waals surface area contributed by atoms with Crippen LogP contribution in [0, 0.1) is 0 Å². The van der Waals surface area contributed by atoms with Crippen LogP contribution in [0.3, 0.4) is 0 Å². The molecule has 0 aliphatic rings. The van der Waals surface area contributed by atoms with E-state index in [0.717, 1.165) is 17.3 Å². The van der Waals surface area contributed by atoms with Crippen LogP contribution < -0.4 is 0 Å². The molecular formula is C16H20N2O3S. The van der Waals surface area contributed by atoms with Crippen LogP contribution in [0.15, 0.2) is 41.7 Å². The maximum Gasteiger partial charge on any atom is 0.173 e. The van der Waals surface area contributed by atoms with E-state index in [-0.39, 0.29) is 12.4 Å². The first-order valence-electron chi connectivity index (χ1n) is 7.11. The Hall–Kier alpha value is -1.63. The van der Waals surface area contributed by atoms with Gasteiger partial charge >= 0.3 is 0 Å². The van der Waals surface area contributed by atoms with E-state index in [0.29, 0.717) is 24.5 Å². The number of ether oxygens (including phenoxy) is 1. The normalized spacial score (nSPS) is 10.8. The highest BCUT2D eigenvalue weighted by molar-refractivity contribution is 7.99. The number of nitrogens with zero attached hydrogens (tertiary/aromatic N) is 2. The first kappa shape index (κ1) is 16.7. The average Bonchev–Trinajstić information content (AvgIpc) is 2.96. The molecule has 0 aliphatic heterocycles. The molecule has 0 bridgehead atoms. The van der Waals surface area contributed by atoms with Crippen LogP contribution in [-0.2, 0) is 17.9 Å². The number of Topliss-reactive ketones (excluding diaryl/α,β-unsaturated/α-hetero) is 1. The highest BCUT2D eigenvalue weighted by atomic mass is 32.2. The minimum Gasteiger partial charge on any atom is -0.390 e. The second kappa shape index (κ2) is 8.73. The fourth-order valence-electron chi connectivity index (χ4n) is 2.08. The summed E-state index contributed by atoms with van der Waals surface area (Å²) in [7, 11) is 1.66. The summed E-state index contributed by atoms with van der Waals surface area (Å²) in [5.74, 6) is 0.401. The van der Waals surface area contributed by atoms with Crippen molar-refractivity contribution < 1.29 is 14.6 Å². The molecule has 0 atom stereocenters. The zero-order valence-electron chi connectivity index (χ0n) is 12.6. The van der Waals surface area contributed by atoms with Crippen molar-refractivity contribution in [1.29, 1.82) is 0 Å². The molecule has 118 valence electrons. The Morgan fingerprint density at radius 2 is 2.14 bits per heavy atom. The zero-order valence-corrected chi connectivity index (χ0v) is 13.4. The van der Waals surface area contributed by atoms with Crippen molar-refractivity contribution in [3.63, 3.8) is 0 Å². The van der Waals surface area contributed by atoms with Crippen molar-refractivity contribution in [2.24, 2.45) is 0 Å². The summed E-state index contributed by atoms with van der Waals surface area (Å²) >= 11 is 1.39. The van der Waals surface area contributed by atoms with Crippen molar-refractivity contribution in [3.8, 4) is 0 Å². The molecule has 5 nitrogen and oxygen atoms in total. The number of thioether (sulfide) groups is 1. The highest BCUT2D eigenvalue weighted by Crippen LogP contribution is 2.20. The van der Waals surface area contributed by atoms with E-state index in [2.05, 4.69) is 4.98 Å². The molecule has 0 saturated carbocycles. The standard InChI is InChI=1S/C16H20N2O3S/c1-21-9-5-8-18-14(11-19)10-17-16(18)22-12-15(20)13-6-3-2-4-7-13/h2-4,6-7,10,19H,5,8-9,11-12H2,1H3. The maximum atomic E-state index is 12.1. The molecule has 0 spiro atoms. The molecule has 1 aromatic carbocycles. The third-order valence-electron chi connectivity index (χ3n) is 3.22. The number of ketones is 1. The Balaban J connectivity index is 2.00. The number of imidazole rings is 1. The SMILES string of the molecule is COCCCn1c(CO)cnc1SCC(=O)c1ccccc1. The summed E-state index contributed by atoms with van der Waals surface area (Å²) in [5, 5.41) is 10.1. The third-order valence-corrected chi connectivity index (χ3v) is 4.21. The quantitative estimate of drug-likeness (QED) is 0.437. The number of carbonyl (C=O) groups excluding carboxylic acids is 1. The summed E-state index contributed by atoms with van der Waals surface area (Å²) in [6.45, 7) is 1.30. The molecule has 0 aliphatic carbocycles.